The van der Waals surface area contributed by atoms with E-state index < -0.39 is 5.91 Å². The summed E-state index contributed by atoms with van der Waals surface area (Å²) in [4.78, 5) is 24.8. The number of nitrogens with zero attached hydrogens (tertiary/aromatic N) is 1. The molecule has 4 nitrogen and oxygen atoms in total. The summed E-state index contributed by atoms with van der Waals surface area (Å²) in [6.45, 7) is 4.25. The van der Waals surface area contributed by atoms with Crippen LogP contribution >= 0.6 is 0 Å². The number of allylic oxidation sites excluding steroid dienone is 4. The van der Waals surface area contributed by atoms with Crippen LogP contribution in [-0.4, -0.2) is 35.3 Å². The van der Waals surface area contributed by atoms with Crippen molar-refractivity contribution in [3.8, 4) is 0 Å². The molecule has 0 bridgehead atoms. The third-order valence-electron chi connectivity index (χ3n) is 4.75. The van der Waals surface area contributed by atoms with E-state index in [1.54, 1.807) is 13.1 Å². The number of rotatable bonds is 12. The van der Waals surface area contributed by atoms with Crippen molar-refractivity contribution in [3.63, 3.8) is 0 Å². The van der Waals surface area contributed by atoms with Crippen LogP contribution in [0.4, 0.5) is 0 Å². The molecular weight excluding hydrogens is 326 g/mol. The van der Waals surface area contributed by atoms with Gasteiger partial charge in [0.2, 0.25) is 0 Å². The summed E-state index contributed by atoms with van der Waals surface area (Å²) in [5.74, 6) is -0.968. The fourth-order valence-electron chi connectivity index (χ4n) is 3.08. The first-order chi connectivity index (χ1) is 12.5. The average molecular weight is 362 g/mol. The second kappa shape index (κ2) is 12.5. The van der Waals surface area contributed by atoms with Gasteiger partial charge < -0.3 is 10.0 Å². The number of aliphatic hydroxyl groups is 1. The Balaban J connectivity index is 2.26. The van der Waals surface area contributed by atoms with E-state index in [9.17, 15) is 14.7 Å². The summed E-state index contributed by atoms with van der Waals surface area (Å²) < 4.78 is 0. The van der Waals surface area contributed by atoms with Gasteiger partial charge >= 0.3 is 0 Å². The molecule has 1 aliphatic rings. The fourth-order valence-corrected chi connectivity index (χ4v) is 3.08. The molecule has 0 saturated carbocycles. The number of hydrogen-bond donors (Lipinski definition) is 1. The predicted molar refractivity (Wildman–Crippen MR) is 107 cm³/mol. The van der Waals surface area contributed by atoms with Crippen LogP contribution in [0.15, 0.2) is 35.1 Å². The van der Waals surface area contributed by atoms with Crippen LogP contribution in [0.3, 0.4) is 0 Å². The first-order valence-corrected chi connectivity index (χ1v) is 10.0. The molecule has 1 fully saturated rings. The second-order valence-electron chi connectivity index (χ2n) is 7.24. The van der Waals surface area contributed by atoms with Crippen molar-refractivity contribution >= 4 is 11.7 Å². The van der Waals surface area contributed by atoms with Crippen molar-refractivity contribution in [1.29, 1.82) is 0 Å². The number of amides is 1. The molecular formula is C22H35NO3. The molecule has 1 saturated heterocycles. The molecule has 0 spiro atoms. The zero-order chi connectivity index (χ0) is 19.4. The summed E-state index contributed by atoms with van der Waals surface area (Å²) in [7, 11) is 1.56. The lowest BCUT2D eigenvalue weighted by Gasteiger charge is -2.03. The van der Waals surface area contributed by atoms with Crippen LogP contribution in [0, 0.1) is 0 Å². The fraction of sp³-hybridized carbons (Fsp3) is 0.636. The number of carbonyl (C=O) groups is 2. The monoisotopic (exact) mass is 361 g/mol. The highest BCUT2D eigenvalue weighted by molar-refractivity contribution is 6.25. The van der Waals surface area contributed by atoms with Gasteiger partial charge in [-0.3, -0.25) is 9.59 Å². The van der Waals surface area contributed by atoms with Gasteiger partial charge in [0.15, 0.2) is 5.78 Å². The van der Waals surface area contributed by atoms with Gasteiger partial charge in [-0.2, -0.15) is 0 Å². The van der Waals surface area contributed by atoms with Gasteiger partial charge in [-0.05, 0) is 25.8 Å². The maximum absolute atomic E-state index is 11.8. The molecule has 1 amide bonds. The van der Waals surface area contributed by atoms with E-state index in [1.807, 2.05) is 6.92 Å². The van der Waals surface area contributed by atoms with Gasteiger partial charge in [0, 0.05) is 7.05 Å². The average Bonchev–Trinajstić information content (AvgIpc) is 2.86. The van der Waals surface area contributed by atoms with E-state index in [1.165, 1.54) is 68.8 Å². The Morgan fingerprint density at radius 3 is 2.12 bits per heavy atom. The summed E-state index contributed by atoms with van der Waals surface area (Å²) in [6, 6.07) is 0. The zero-order valence-electron chi connectivity index (χ0n) is 16.7. The summed E-state index contributed by atoms with van der Waals surface area (Å²) in [5.41, 5.74) is 0.929. The molecule has 1 aliphatic heterocycles. The second-order valence-corrected chi connectivity index (χ2v) is 7.24. The van der Waals surface area contributed by atoms with Gasteiger partial charge in [0.25, 0.3) is 5.91 Å². The number of aliphatic hydroxyl groups excluding tert-OH is 1. The van der Waals surface area contributed by atoms with Gasteiger partial charge in [0.1, 0.15) is 11.3 Å². The molecule has 1 heterocycles. The van der Waals surface area contributed by atoms with Crippen LogP contribution < -0.4 is 0 Å². The smallest absolute Gasteiger partial charge is 0.261 e. The van der Waals surface area contributed by atoms with Crippen LogP contribution in [0.2, 0.25) is 0 Å². The minimum atomic E-state index is -0.409. The first kappa shape index (κ1) is 22.2. The van der Waals surface area contributed by atoms with Crippen molar-refractivity contribution < 1.29 is 14.7 Å². The molecule has 26 heavy (non-hydrogen) atoms. The minimum absolute atomic E-state index is 0.0412. The molecule has 0 aromatic heterocycles. The van der Waals surface area contributed by atoms with Crippen LogP contribution in [-0.2, 0) is 9.59 Å². The number of likely N-dealkylation sites (N-methyl/N-ethyl adjacent to an activating group) is 1. The Morgan fingerprint density at radius 1 is 1.00 bits per heavy atom. The maximum Gasteiger partial charge on any atom is 0.261 e. The molecule has 0 aliphatic carbocycles. The maximum atomic E-state index is 11.8. The number of likely N-dealkylation sites (tertiary alicyclic amines) is 1. The van der Waals surface area contributed by atoms with Crippen LogP contribution in [0.1, 0.15) is 78.1 Å². The summed E-state index contributed by atoms with van der Waals surface area (Å²) in [6.07, 6.45) is 18.2. The zero-order valence-corrected chi connectivity index (χ0v) is 16.7. The normalized spacial score (nSPS) is 17.7. The molecule has 0 radical (unpaired) electrons. The predicted octanol–water partition coefficient (Wildman–Crippen LogP) is 5.26. The number of Topliss-reactive ketones (excluding diaryl/α,β-unsaturated/α-hetero) is 1. The van der Waals surface area contributed by atoms with Crippen molar-refractivity contribution in [2.45, 2.75) is 78.1 Å². The SMILES string of the molecule is CCCCCCCCCCC/C=C(C)/C=C/C(O)=C1\C(=O)CN(C)C1=O. The van der Waals surface area contributed by atoms with Crippen molar-refractivity contribution in [2.75, 3.05) is 13.6 Å². The molecule has 1 rings (SSSR count). The molecule has 0 aromatic rings. The number of carbonyl (C=O) groups excluding carboxylic acids is 2. The van der Waals surface area contributed by atoms with Gasteiger partial charge in [0.05, 0.1) is 6.54 Å². The quantitative estimate of drug-likeness (QED) is 0.169. The lowest BCUT2D eigenvalue weighted by molar-refractivity contribution is -0.123. The largest absolute Gasteiger partial charge is 0.507 e. The molecule has 0 atom stereocenters. The van der Waals surface area contributed by atoms with E-state index >= 15 is 0 Å². The Bertz CT molecular complexity index is 558. The van der Waals surface area contributed by atoms with Crippen molar-refractivity contribution in [2.24, 2.45) is 0 Å². The van der Waals surface area contributed by atoms with Crippen LogP contribution in [0.5, 0.6) is 0 Å². The van der Waals surface area contributed by atoms with E-state index in [0.29, 0.717) is 0 Å². The molecule has 0 aromatic carbocycles. The standard InChI is InChI=1S/C22H35NO3/c1-4-5-6-7-8-9-10-11-12-13-14-18(2)15-16-19(24)21-20(25)17-23(3)22(21)26/h14-16,24H,4-13,17H2,1-3H3/b16-15+,18-14+,21-19-. The molecule has 1 N–H and O–H groups in total. The molecule has 0 unspecified atom stereocenters. The van der Waals surface area contributed by atoms with Crippen molar-refractivity contribution in [1.82, 2.24) is 4.90 Å². The highest BCUT2D eigenvalue weighted by Gasteiger charge is 2.33. The Kier molecular flexibility index (Phi) is 10.7. The third kappa shape index (κ3) is 8.03. The van der Waals surface area contributed by atoms with Gasteiger partial charge in [-0.15, -0.1) is 0 Å². The summed E-state index contributed by atoms with van der Waals surface area (Å²) in [5, 5.41) is 10.00. The molecule has 146 valence electrons. The first-order valence-electron chi connectivity index (χ1n) is 10.0. The lowest BCUT2D eigenvalue weighted by Crippen LogP contribution is -2.19. The Morgan fingerprint density at radius 2 is 1.58 bits per heavy atom. The van der Waals surface area contributed by atoms with Crippen LogP contribution in [0.25, 0.3) is 0 Å². The number of hydrogen-bond acceptors (Lipinski definition) is 3. The van der Waals surface area contributed by atoms with E-state index in [2.05, 4.69) is 13.0 Å². The Hall–Kier alpha value is -1.84. The highest BCUT2D eigenvalue weighted by atomic mass is 16.3. The minimum Gasteiger partial charge on any atom is -0.507 e. The summed E-state index contributed by atoms with van der Waals surface area (Å²) >= 11 is 0. The van der Waals surface area contributed by atoms with Gasteiger partial charge in [-0.1, -0.05) is 76.0 Å². The Labute approximate surface area is 158 Å². The molecule has 4 heteroatoms. The lowest BCUT2D eigenvalue weighted by atomic mass is 10.1. The van der Waals surface area contributed by atoms with Gasteiger partial charge in [-0.25, -0.2) is 0 Å². The highest BCUT2D eigenvalue weighted by Crippen LogP contribution is 2.16. The van der Waals surface area contributed by atoms with E-state index in [0.717, 1.165) is 12.0 Å². The number of ketones is 1. The van der Waals surface area contributed by atoms with E-state index in [4.69, 9.17) is 0 Å². The van der Waals surface area contributed by atoms with E-state index in [-0.39, 0.29) is 23.7 Å². The van der Waals surface area contributed by atoms with Crippen molar-refractivity contribution in [3.05, 3.63) is 35.1 Å². The number of unbranched alkanes of at least 4 members (excludes halogenated alkanes) is 9. The third-order valence-corrected chi connectivity index (χ3v) is 4.75. The topological polar surface area (TPSA) is 57.6 Å².